The first-order valence-electron chi connectivity index (χ1n) is 4.82. The van der Waals surface area contributed by atoms with E-state index in [1.165, 1.54) is 0 Å². The summed E-state index contributed by atoms with van der Waals surface area (Å²) < 4.78 is 28.7. The van der Waals surface area contributed by atoms with Crippen molar-refractivity contribution in [1.29, 1.82) is 0 Å². The van der Waals surface area contributed by atoms with Crippen molar-refractivity contribution < 1.29 is 18.3 Å². The average molecular weight is 222 g/mol. The van der Waals surface area contributed by atoms with E-state index in [1.54, 1.807) is 6.92 Å². The number of carbonyl (C=O) groups is 1. The minimum atomic E-state index is -2.60. The number of halogens is 2. The van der Waals surface area contributed by atoms with Crippen LogP contribution in [-0.4, -0.2) is 25.2 Å². The molecule has 1 aliphatic rings. The number of carbonyl (C=O) groups excluding carboxylic acids is 1. The number of nitrogens with one attached hydrogen (secondary N) is 2. The molecule has 2 N–H and O–H groups in total. The molecule has 0 amide bonds. The number of esters is 1. The molecule has 88 valence electrons. The lowest BCUT2D eigenvalue weighted by Gasteiger charge is -2.11. The second-order valence-electron chi connectivity index (χ2n) is 2.40. The Morgan fingerprint density at radius 2 is 2.20 bits per heavy atom. The highest BCUT2D eigenvalue weighted by atomic mass is 19.3. The van der Waals surface area contributed by atoms with E-state index < -0.39 is 18.6 Å². The van der Waals surface area contributed by atoms with E-state index in [2.05, 4.69) is 15.4 Å². The van der Waals surface area contributed by atoms with Gasteiger partial charge in [-0.15, -0.1) is 0 Å². The summed E-state index contributed by atoms with van der Waals surface area (Å²) in [6, 6.07) is 0. The Kier molecular flexibility index (Phi) is 6.40. The van der Waals surface area contributed by atoms with E-state index in [9.17, 15) is 13.6 Å². The maximum absolute atomic E-state index is 12.0. The van der Waals surface area contributed by atoms with Crippen molar-refractivity contribution in [3.63, 3.8) is 0 Å². The van der Waals surface area contributed by atoms with Crippen molar-refractivity contribution in [3.05, 3.63) is 11.9 Å². The van der Waals surface area contributed by atoms with Crippen LogP contribution in [0.5, 0.6) is 0 Å². The van der Waals surface area contributed by atoms with E-state index in [0.29, 0.717) is 0 Å². The van der Waals surface area contributed by atoms with E-state index >= 15 is 0 Å². The number of hydrogen-bond donors (Lipinski definition) is 2. The maximum atomic E-state index is 12.0. The largest absolute Gasteiger partial charge is 0.463 e. The number of ether oxygens (including phenoxy) is 1. The lowest BCUT2D eigenvalue weighted by molar-refractivity contribution is -0.145. The molecule has 15 heavy (non-hydrogen) atoms. The van der Waals surface area contributed by atoms with Gasteiger partial charge >= 0.3 is 5.97 Å². The summed E-state index contributed by atoms with van der Waals surface area (Å²) in [5.41, 5.74) is -0.293. The van der Waals surface area contributed by atoms with E-state index in [4.69, 9.17) is 0 Å². The first-order chi connectivity index (χ1) is 7.15. The molecule has 0 aromatic carbocycles. The first kappa shape index (κ1) is 13.7. The lowest BCUT2D eigenvalue weighted by atomic mass is 10.5. The van der Waals surface area contributed by atoms with Crippen molar-refractivity contribution in [2.24, 2.45) is 0 Å². The Hall–Kier alpha value is -1.33. The van der Waals surface area contributed by atoms with Gasteiger partial charge in [0.05, 0.1) is 12.3 Å². The molecule has 0 aromatic heterocycles. The van der Waals surface area contributed by atoms with Crippen LogP contribution in [0.1, 0.15) is 20.8 Å². The van der Waals surface area contributed by atoms with Gasteiger partial charge in [-0.3, -0.25) is 0 Å². The lowest BCUT2D eigenvalue weighted by Crippen LogP contribution is -2.42. The quantitative estimate of drug-likeness (QED) is 0.704. The van der Waals surface area contributed by atoms with Crippen LogP contribution in [-0.2, 0) is 9.53 Å². The summed E-state index contributed by atoms with van der Waals surface area (Å²) in [5.74, 6) is -0.589. The van der Waals surface area contributed by atoms with Crippen molar-refractivity contribution >= 4 is 5.97 Å². The summed E-state index contributed by atoms with van der Waals surface area (Å²) >= 11 is 0. The van der Waals surface area contributed by atoms with Gasteiger partial charge in [-0.1, -0.05) is 13.8 Å². The highest BCUT2D eigenvalue weighted by molar-refractivity contribution is 5.76. The van der Waals surface area contributed by atoms with Crippen molar-refractivity contribution in [2.75, 3.05) is 6.61 Å². The second kappa shape index (κ2) is 7.03. The number of hydrogen-bond acceptors (Lipinski definition) is 4. The third-order valence-electron chi connectivity index (χ3n) is 1.47. The highest BCUT2D eigenvalue weighted by Gasteiger charge is 2.27. The molecule has 1 rings (SSSR count). The third-order valence-corrected chi connectivity index (χ3v) is 1.47. The number of rotatable bonds is 3. The highest BCUT2D eigenvalue weighted by Crippen LogP contribution is 2.09. The standard InChI is InChI=1S/C7H10F2N2O2.C2H6/c1-2-13-7(12)6-10-3-4(11-6)5(8)9;1-2/h3,5-6,10-11H,2H2,1H3;1-2H3. The Bertz CT molecular complexity index is 232. The zero-order valence-corrected chi connectivity index (χ0v) is 9.01. The predicted octanol–water partition coefficient (Wildman–Crippen LogP) is 1.20. The van der Waals surface area contributed by atoms with Gasteiger partial charge in [0.2, 0.25) is 0 Å². The summed E-state index contributed by atoms with van der Waals surface area (Å²) in [4.78, 5) is 11.0. The third kappa shape index (κ3) is 4.14. The fourth-order valence-electron chi connectivity index (χ4n) is 0.902. The number of allylic oxidation sites excluding steroid dienone is 1. The van der Waals surface area contributed by atoms with Gasteiger partial charge < -0.3 is 15.4 Å². The van der Waals surface area contributed by atoms with Crippen molar-refractivity contribution in [2.45, 2.75) is 33.4 Å². The summed E-state index contributed by atoms with van der Waals surface area (Å²) in [7, 11) is 0. The molecule has 1 unspecified atom stereocenters. The van der Waals surface area contributed by atoms with Gasteiger partial charge in [-0.25, -0.2) is 13.6 Å². The van der Waals surface area contributed by atoms with Gasteiger partial charge in [0.1, 0.15) is 0 Å². The van der Waals surface area contributed by atoms with Crippen LogP contribution >= 0.6 is 0 Å². The molecule has 0 radical (unpaired) electrons. The monoisotopic (exact) mass is 222 g/mol. The smallest absolute Gasteiger partial charge is 0.349 e. The van der Waals surface area contributed by atoms with Crippen LogP contribution in [0.3, 0.4) is 0 Å². The van der Waals surface area contributed by atoms with E-state index in [1.807, 2.05) is 13.8 Å². The molecule has 1 aliphatic heterocycles. The van der Waals surface area contributed by atoms with Crippen molar-refractivity contribution in [1.82, 2.24) is 10.6 Å². The fraction of sp³-hybridized carbons (Fsp3) is 0.667. The second-order valence-corrected chi connectivity index (χ2v) is 2.40. The Morgan fingerprint density at radius 1 is 1.60 bits per heavy atom. The van der Waals surface area contributed by atoms with Crippen LogP contribution < -0.4 is 10.6 Å². The normalized spacial score (nSPS) is 18.3. The molecule has 1 atom stereocenters. The molecule has 0 fully saturated rings. The minimum absolute atomic E-state index is 0.225. The molecule has 0 saturated heterocycles. The van der Waals surface area contributed by atoms with Crippen LogP contribution in [0.2, 0.25) is 0 Å². The molecule has 0 aliphatic carbocycles. The van der Waals surface area contributed by atoms with Crippen molar-refractivity contribution in [3.8, 4) is 0 Å². The fourth-order valence-corrected chi connectivity index (χ4v) is 0.902. The minimum Gasteiger partial charge on any atom is -0.463 e. The summed E-state index contributed by atoms with van der Waals surface area (Å²) in [6.07, 6.45) is -2.41. The molecular weight excluding hydrogens is 206 g/mol. The molecule has 0 bridgehead atoms. The average Bonchev–Trinajstić information content (AvgIpc) is 2.70. The SMILES string of the molecule is CC.CCOC(=O)C1NC=C(C(F)F)N1. The summed E-state index contributed by atoms with van der Waals surface area (Å²) in [5, 5.41) is 4.75. The predicted molar refractivity (Wildman–Crippen MR) is 52.1 cm³/mol. The van der Waals surface area contributed by atoms with Gasteiger partial charge in [-0.05, 0) is 6.92 Å². The molecule has 1 heterocycles. The zero-order chi connectivity index (χ0) is 11.8. The molecular formula is C9H16F2N2O2. The van der Waals surface area contributed by atoms with Gasteiger partial charge in [0.15, 0.2) is 6.17 Å². The molecule has 6 heteroatoms. The van der Waals surface area contributed by atoms with E-state index in [0.717, 1.165) is 6.20 Å². The molecule has 4 nitrogen and oxygen atoms in total. The number of alkyl halides is 2. The molecule has 0 aromatic rings. The zero-order valence-electron chi connectivity index (χ0n) is 9.01. The van der Waals surface area contributed by atoms with Crippen LogP contribution in [0.15, 0.2) is 11.9 Å². The Labute approximate surface area is 87.7 Å². The Morgan fingerprint density at radius 3 is 2.60 bits per heavy atom. The van der Waals surface area contributed by atoms with Crippen LogP contribution in [0.25, 0.3) is 0 Å². The first-order valence-corrected chi connectivity index (χ1v) is 4.82. The Balaban J connectivity index is 0.000000921. The van der Waals surface area contributed by atoms with E-state index in [-0.39, 0.29) is 12.3 Å². The van der Waals surface area contributed by atoms with Crippen LogP contribution in [0, 0.1) is 0 Å². The van der Waals surface area contributed by atoms with Crippen LogP contribution in [0.4, 0.5) is 8.78 Å². The van der Waals surface area contributed by atoms with Gasteiger partial charge in [0.25, 0.3) is 6.43 Å². The molecule has 0 saturated carbocycles. The van der Waals surface area contributed by atoms with Gasteiger partial charge in [-0.2, -0.15) is 0 Å². The maximum Gasteiger partial charge on any atom is 0.349 e. The topological polar surface area (TPSA) is 50.4 Å². The molecule has 0 spiro atoms. The van der Waals surface area contributed by atoms with Gasteiger partial charge in [0, 0.05) is 6.20 Å². The summed E-state index contributed by atoms with van der Waals surface area (Å²) in [6.45, 7) is 5.87.